The summed E-state index contributed by atoms with van der Waals surface area (Å²) in [6.07, 6.45) is 4.38. The molecule has 4 rings (SSSR count). The van der Waals surface area contributed by atoms with Crippen LogP contribution in [-0.2, 0) is 6.42 Å². The number of benzene rings is 1. The molecule has 130 valence electrons. The lowest BCUT2D eigenvalue weighted by Crippen LogP contribution is -2.39. The van der Waals surface area contributed by atoms with Gasteiger partial charge in [0.25, 0.3) is 5.91 Å². The van der Waals surface area contributed by atoms with Crippen molar-refractivity contribution in [2.75, 3.05) is 18.8 Å². The minimum Gasteiger partial charge on any atom is -0.463 e. The SMILES string of the molecule is CCc1ccc2occ(C(=O)N3CCCC(c4nc(N)n[nH]4)C3)c2c1. The van der Waals surface area contributed by atoms with Gasteiger partial charge < -0.3 is 15.1 Å². The second-order valence-electron chi connectivity index (χ2n) is 6.50. The molecule has 3 N–H and O–H groups in total. The second kappa shape index (κ2) is 6.23. The molecule has 7 nitrogen and oxygen atoms in total. The van der Waals surface area contributed by atoms with Crippen LogP contribution in [0.3, 0.4) is 0 Å². The number of rotatable bonds is 3. The number of nitrogens with one attached hydrogen (secondary N) is 1. The highest BCUT2D eigenvalue weighted by Crippen LogP contribution is 2.29. The summed E-state index contributed by atoms with van der Waals surface area (Å²) in [7, 11) is 0. The molecule has 25 heavy (non-hydrogen) atoms. The number of hydrogen-bond acceptors (Lipinski definition) is 5. The predicted octanol–water partition coefficient (Wildman–Crippen LogP) is 2.72. The fourth-order valence-electron chi connectivity index (χ4n) is 3.49. The van der Waals surface area contributed by atoms with Gasteiger partial charge in [-0.25, -0.2) is 0 Å². The van der Waals surface area contributed by atoms with Crippen LogP contribution >= 0.6 is 0 Å². The van der Waals surface area contributed by atoms with Gasteiger partial charge >= 0.3 is 0 Å². The van der Waals surface area contributed by atoms with E-state index in [4.69, 9.17) is 10.2 Å². The minimum atomic E-state index is 0.00388. The van der Waals surface area contributed by atoms with Gasteiger partial charge in [0.1, 0.15) is 17.7 Å². The molecule has 1 fully saturated rings. The summed E-state index contributed by atoms with van der Waals surface area (Å²) < 4.78 is 5.58. The first kappa shape index (κ1) is 15.7. The Morgan fingerprint density at radius 3 is 3.12 bits per heavy atom. The van der Waals surface area contributed by atoms with Crippen molar-refractivity contribution < 1.29 is 9.21 Å². The summed E-state index contributed by atoms with van der Waals surface area (Å²) in [6, 6.07) is 6.01. The van der Waals surface area contributed by atoms with E-state index in [2.05, 4.69) is 22.1 Å². The van der Waals surface area contributed by atoms with Crippen molar-refractivity contribution in [1.82, 2.24) is 20.1 Å². The molecule has 3 aromatic rings. The summed E-state index contributed by atoms with van der Waals surface area (Å²) in [4.78, 5) is 19.1. The molecule has 1 aromatic carbocycles. The number of nitrogens with zero attached hydrogens (tertiary/aromatic N) is 3. The van der Waals surface area contributed by atoms with Crippen molar-refractivity contribution in [3.05, 3.63) is 41.4 Å². The number of anilines is 1. The van der Waals surface area contributed by atoms with Crippen LogP contribution in [0.4, 0.5) is 5.95 Å². The Bertz CT molecular complexity index is 913. The molecule has 7 heteroatoms. The number of amides is 1. The number of aromatic amines is 1. The van der Waals surface area contributed by atoms with Gasteiger partial charge in [-0.3, -0.25) is 9.89 Å². The van der Waals surface area contributed by atoms with Gasteiger partial charge in [0.2, 0.25) is 5.95 Å². The Labute approximate surface area is 145 Å². The number of aryl methyl sites for hydroxylation is 1. The minimum absolute atomic E-state index is 0.00388. The average molecular weight is 339 g/mol. The third kappa shape index (κ3) is 2.86. The van der Waals surface area contributed by atoms with Crippen molar-refractivity contribution in [3.63, 3.8) is 0 Å². The first-order valence-corrected chi connectivity index (χ1v) is 8.63. The largest absolute Gasteiger partial charge is 0.463 e. The van der Waals surface area contributed by atoms with E-state index in [1.165, 1.54) is 5.56 Å². The maximum Gasteiger partial charge on any atom is 0.257 e. The fraction of sp³-hybridized carbons (Fsp3) is 0.389. The zero-order valence-electron chi connectivity index (χ0n) is 14.2. The topological polar surface area (TPSA) is 101 Å². The number of furan rings is 1. The summed E-state index contributed by atoms with van der Waals surface area (Å²) in [6.45, 7) is 3.44. The first-order valence-electron chi connectivity index (χ1n) is 8.63. The fourth-order valence-corrected chi connectivity index (χ4v) is 3.49. The van der Waals surface area contributed by atoms with E-state index in [1.54, 1.807) is 6.26 Å². The zero-order chi connectivity index (χ0) is 17.4. The first-order chi connectivity index (χ1) is 12.2. The van der Waals surface area contributed by atoms with Crippen LogP contribution in [0.15, 0.2) is 28.9 Å². The van der Waals surface area contributed by atoms with Crippen LogP contribution in [-0.4, -0.2) is 39.1 Å². The highest BCUT2D eigenvalue weighted by atomic mass is 16.3. The van der Waals surface area contributed by atoms with Crippen molar-refractivity contribution in [2.24, 2.45) is 0 Å². The van der Waals surface area contributed by atoms with E-state index >= 15 is 0 Å². The van der Waals surface area contributed by atoms with Gasteiger partial charge in [-0.15, -0.1) is 5.10 Å². The lowest BCUT2D eigenvalue weighted by atomic mass is 9.96. The van der Waals surface area contributed by atoms with Crippen LogP contribution < -0.4 is 5.73 Å². The van der Waals surface area contributed by atoms with Crippen LogP contribution in [0.25, 0.3) is 11.0 Å². The molecule has 0 bridgehead atoms. The third-order valence-electron chi connectivity index (χ3n) is 4.89. The van der Waals surface area contributed by atoms with E-state index in [0.29, 0.717) is 12.1 Å². The number of H-pyrrole nitrogens is 1. The van der Waals surface area contributed by atoms with Crippen LogP contribution in [0.2, 0.25) is 0 Å². The highest BCUT2D eigenvalue weighted by Gasteiger charge is 2.29. The Kier molecular flexibility index (Phi) is 3.91. The van der Waals surface area contributed by atoms with E-state index in [9.17, 15) is 4.79 Å². The molecule has 0 aliphatic carbocycles. The Morgan fingerprint density at radius 1 is 1.48 bits per heavy atom. The number of hydrogen-bond donors (Lipinski definition) is 2. The molecular formula is C18H21N5O2. The van der Waals surface area contributed by atoms with Crippen molar-refractivity contribution in [2.45, 2.75) is 32.1 Å². The molecule has 2 aromatic heterocycles. The number of nitrogen functional groups attached to an aromatic ring is 1. The van der Waals surface area contributed by atoms with Crippen LogP contribution in [0.1, 0.15) is 47.4 Å². The number of aromatic nitrogens is 3. The van der Waals surface area contributed by atoms with Crippen molar-refractivity contribution >= 4 is 22.8 Å². The van der Waals surface area contributed by atoms with Crippen LogP contribution in [0, 0.1) is 0 Å². The highest BCUT2D eigenvalue weighted by molar-refractivity contribution is 6.06. The Morgan fingerprint density at radius 2 is 2.36 bits per heavy atom. The zero-order valence-corrected chi connectivity index (χ0v) is 14.2. The lowest BCUT2D eigenvalue weighted by Gasteiger charge is -2.31. The molecule has 1 atom stereocenters. The molecule has 3 heterocycles. The van der Waals surface area contributed by atoms with E-state index in [1.807, 2.05) is 23.1 Å². The number of piperidine rings is 1. The molecule has 0 radical (unpaired) electrons. The molecule has 1 unspecified atom stereocenters. The molecule has 1 saturated heterocycles. The summed E-state index contributed by atoms with van der Waals surface area (Å²) >= 11 is 0. The number of likely N-dealkylation sites (tertiary alicyclic amines) is 1. The van der Waals surface area contributed by atoms with Gasteiger partial charge in [-0.05, 0) is 37.0 Å². The maximum absolute atomic E-state index is 13.1. The van der Waals surface area contributed by atoms with E-state index in [0.717, 1.165) is 42.6 Å². The van der Waals surface area contributed by atoms with Crippen molar-refractivity contribution in [1.29, 1.82) is 0 Å². The van der Waals surface area contributed by atoms with Crippen molar-refractivity contribution in [3.8, 4) is 0 Å². The lowest BCUT2D eigenvalue weighted by molar-refractivity contribution is 0.0705. The number of carbonyl (C=O) groups is 1. The van der Waals surface area contributed by atoms with E-state index in [-0.39, 0.29) is 17.8 Å². The number of carbonyl (C=O) groups excluding carboxylic acids is 1. The number of fused-ring (bicyclic) bond motifs is 1. The third-order valence-corrected chi connectivity index (χ3v) is 4.89. The molecule has 1 aliphatic rings. The van der Waals surface area contributed by atoms with Gasteiger partial charge in [0, 0.05) is 24.4 Å². The quantitative estimate of drug-likeness (QED) is 0.764. The summed E-state index contributed by atoms with van der Waals surface area (Å²) in [5.41, 5.74) is 8.17. The summed E-state index contributed by atoms with van der Waals surface area (Å²) in [5, 5.41) is 7.65. The smallest absolute Gasteiger partial charge is 0.257 e. The molecule has 1 amide bonds. The van der Waals surface area contributed by atoms with Gasteiger partial charge in [0.15, 0.2) is 0 Å². The molecule has 1 aliphatic heterocycles. The Hall–Kier alpha value is -2.83. The predicted molar refractivity (Wildman–Crippen MR) is 94.3 cm³/mol. The number of nitrogens with two attached hydrogens (primary N) is 1. The molecule has 0 spiro atoms. The Balaban J connectivity index is 1.60. The normalized spacial score (nSPS) is 18.0. The molecular weight excluding hydrogens is 318 g/mol. The monoisotopic (exact) mass is 339 g/mol. The van der Waals surface area contributed by atoms with E-state index < -0.39 is 0 Å². The molecule has 0 saturated carbocycles. The van der Waals surface area contributed by atoms with Crippen LogP contribution in [0.5, 0.6) is 0 Å². The standard InChI is InChI=1S/C18H21N5O2/c1-2-11-5-6-15-13(8-11)14(10-25-15)17(24)23-7-3-4-12(9-23)16-20-18(19)22-21-16/h5-6,8,10,12H,2-4,7,9H2,1H3,(H3,19,20,21,22). The van der Waals surface area contributed by atoms with Gasteiger partial charge in [0.05, 0.1) is 5.56 Å². The van der Waals surface area contributed by atoms with Gasteiger partial charge in [-0.1, -0.05) is 13.0 Å². The maximum atomic E-state index is 13.1. The second-order valence-corrected chi connectivity index (χ2v) is 6.50. The average Bonchev–Trinajstić information content (AvgIpc) is 3.27. The van der Waals surface area contributed by atoms with Gasteiger partial charge in [-0.2, -0.15) is 4.98 Å². The summed E-state index contributed by atoms with van der Waals surface area (Å²) in [5.74, 6) is 1.13.